The molecule has 0 spiro atoms. The Morgan fingerprint density at radius 2 is 2.17 bits per heavy atom. The zero-order valence-corrected chi connectivity index (χ0v) is 7.42. The molecule has 0 unspecified atom stereocenters. The van der Waals surface area contributed by atoms with Crippen molar-refractivity contribution in [3.63, 3.8) is 0 Å². The smallest absolute Gasteiger partial charge is 0.248 e. The number of benzene rings is 1. The Balaban J connectivity index is 3.20. The standard InChI is InChI=1S/C10H13NO/c1-3-8-6-7(2)4-5-9(8)10(11)12/h4-6H,3H2,1-2H3,(H2,11,12). The highest BCUT2D eigenvalue weighted by Gasteiger charge is 2.05. The van der Waals surface area contributed by atoms with Crippen LogP contribution in [-0.2, 0) is 6.42 Å². The molecule has 12 heavy (non-hydrogen) atoms. The van der Waals surface area contributed by atoms with Crippen molar-refractivity contribution in [1.29, 1.82) is 0 Å². The van der Waals surface area contributed by atoms with Crippen LogP contribution in [0.3, 0.4) is 0 Å². The zero-order valence-electron chi connectivity index (χ0n) is 7.42. The van der Waals surface area contributed by atoms with Gasteiger partial charge in [-0.05, 0) is 25.0 Å². The third-order valence-electron chi connectivity index (χ3n) is 1.91. The van der Waals surface area contributed by atoms with Crippen LogP contribution < -0.4 is 5.73 Å². The second-order valence-corrected chi connectivity index (χ2v) is 2.88. The molecular formula is C10H13NO. The van der Waals surface area contributed by atoms with Crippen molar-refractivity contribution >= 4 is 5.91 Å². The molecular weight excluding hydrogens is 150 g/mol. The van der Waals surface area contributed by atoms with Crippen LogP contribution in [0.25, 0.3) is 0 Å². The average molecular weight is 163 g/mol. The number of hydrogen-bond acceptors (Lipinski definition) is 1. The average Bonchev–Trinajstić information content (AvgIpc) is 2.03. The molecule has 1 aromatic carbocycles. The van der Waals surface area contributed by atoms with Gasteiger partial charge >= 0.3 is 0 Å². The van der Waals surface area contributed by atoms with Gasteiger partial charge in [-0.1, -0.05) is 24.6 Å². The first kappa shape index (κ1) is 8.78. The molecule has 0 aliphatic rings. The van der Waals surface area contributed by atoms with Gasteiger partial charge in [0.1, 0.15) is 0 Å². The van der Waals surface area contributed by atoms with Gasteiger partial charge in [0, 0.05) is 5.56 Å². The van der Waals surface area contributed by atoms with Gasteiger partial charge in [0.2, 0.25) is 5.91 Å². The number of nitrogens with two attached hydrogens (primary N) is 1. The molecule has 1 amide bonds. The molecule has 1 aromatic rings. The Labute approximate surface area is 72.4 Å². The number of amides is 1. The minimum absolute atomic E-state index is 0.341. The van der Waals surface area contributed by atoms with E-state index in [1.807, 2.05) is 26.0 Å². The van der Waals surface area contributed by atoms with Gasteiger partial charge in [-0.25, -0.2) is 0 Å². The zero-order chi connectivity index (χ0) is 9.14. The molecule has 0 bridgehead atoms. The molecule has 0 saturated heterocycles. The SMILES string of the molecule is CCc1cc(C)ccc1C(N)=O. The minimum atomic E-state index is -0.341. The number of rotatable bonds is 2. The topological polar surface area (TPSA) is 43.1 Å². The molecule has 2 N–H and O–H groups in total. The van der Waals surface area contributed by atoms with E-state index in [1.54, 1.807) is 6.07 Å². The molecule has 0 heterocycles. The first-order chi connectivity index (χ1) is 5.65. The quantitative estimate of drug-likeness (QED) is 0.707. The fourth-order valence-electron chi connectivity index (χ4n) is 1.26. The summed E-state index contributed by atoms with van der Waals surface area (Å²) < 4.78 is 0. The summed E-state index contributed by atoms with van der Waals surface area (Å²) in [4.78, 5) is 10.9. The maximum Gasteiger partial charge on any atom is 0.248 e. The Morgan fingerprint density at radius 1 is 1.50 bits per heavy atom. The van der Waals surface area contributed by atoms with Crippen molar-refractivity contribution in [2.45, 2.75) is 20.3 Å². The lowest BCUT2D eigenvalue weighted by Crippen LogP contribution is -2.13. The van der Waals surface area contributed by atoms with E-state index < -0.39 is 0 Å². The van der Waals surface area contributed by atoms with Crippen LogP contribution in [0.2, 0.25) is 0 Å². The van der Waals surface area contributed by atoms with Crippen LogP contribution in [0.4, 0.5) is 0 Å². The molecule has 0 saturated carbocycles. The van der Waals surface area contributed by atoms with E-state index in [0.29, 0.717) is 5.56 Å². The van der Waals surface area contributed by atoms with Gasteiger partial charge < -0.3 is 5.73 Å². The number of primary amides is 1. The lowest BCUT2D eigenvalue weighted by molar-refractivity contribution is 0.0999. The van der Waals surface area contributed by atoms with Gasteiger partial charge in [-0.3, -0.25) is 4.79 Å². The van der Waals surface area contributed by atoms with Crippen LogP contribution in [0.5, 0.6) is 0 Å². The normalized spacial score (nSPS) is 9.83. The Bertz CT molecular complexity index is 305. The number of aryl methyl sites for hydroxylation is 2. The minimum Gasteiger partial charge on any atom is -0.366 e. The maximum absolute atomic E-state index is 10.9. The van der Waals surface area contributed by atoms with Crippen LogP contribution in [0.1, 0.15) is 28.4 Å². The lowest BCUT2D eigenvalue weighted by atomic mass is 10.0. The van der Waals surface area contributed by atoms with Crippen LogP contribution in [0, 0.1) is 6.92 Å². The number of hydrogen-bond donors (Lipinski definition) is 1. The summed E-state index contributed by atoms with van der Waals surface area (Å²) in [5, 5.41) is 0. The summed E-state index contributed by atoms with van der Waals surface area (Å²) in [7, 11) is 0. The predicted molar refractivity (Wildman–Crippen MR) is 49.1 cm³/mol. The van der Waals surface area contributed by atoms with Gasteiger partial charge in [-0.15, -0.1) is 0 Å². The highest BCUT2D eigenvalue weighted by atomic mass is 16.1. The molecule has 2 heteroatoms. The van der Waals surface area contributed by atoms with Crippen molar-refractivity contribution in [2.75, 3.05) is 0 Å². The first-order valence-electron chi connectivity index (χ1n) is 4.04. The monoisotopic (exact) mass is 163 g/mol. The van der Waals surface area contributed by atoms with Crippen LogP contribution >= 0.6 is 0 Å². The number of carbonyl (C=O) groups excluding carboxylic acids is 1. The predicted octanol–water partition coefficient (Wildman–Crippen LogP) is 1.66. The number of carbonyl (C=O) groups is 1. The van der Waals surface area contributed by atoms with Crippen molar-refractivity contribution < 1.29 is 4.79 Å². The highest BCUT2D eigenvalue weighted by molar-refractivity contribution is 5.94. The second-order valence-electron chi connectivity index (χ2n) is 2.88. The van der Waals surface area contributed by atoms with Crippen molar-refractivity contribution in [1.82, 2.24) is 0 Å². The first-order valence-corrected chi connectivity index (χ1v) is 4.04. The molecule has 0 fully saturated rings. The van der Waals surface area contributed by atoms with E-state index in [-0.39, 0.29) is 5.91 Å². The molecule has 64 valence electrons. The van der Waals surface area contributed by atoms with Crippen molar-refractivity contribution in [2.24, 2.45) is 5.73 Å². The van der Waals surface area contributed by atoms with Crippen molar-refractivity contribution in [3.8, 4) is 0 Å². The third kappa shape index (κ3) is 1.64. The van der Waals surface area contributed by atoms with E-state index in [1.165, 1.54) is 0 Å². The van der Waals surface area contributed by atoms with E-state index >= 15 is 0 Å². The Hall–Kier alpha value is -1.31. The molecule has 0 aromatic heterocycles. The molecule has 0 aliphatic carbocycles. The van der Waals surface area contributed by atoms with Gasteiger partial charge in [0.25, 0.3) is 0 Å². The summed E-state index contributed by atoms with van der Waals surface area (Å²) in [5.74, 6) is -0.341. The van der Waals surface area contributed by atoms with E-state index in [4.69, 9.17) is 5.73 Å². The van der Waals surface area contributed by atoms with Gasteiger partial charge in [-0.2, -0.15) is 0 Å². The highest BCUT2D eigenvalue weighted by Crippen LogP contribution is 2.11. The third-order valence-corrected chi connectivity index (χ3v) is 1.91. The Kier molecular flexibility index (Phi) is 2.48. The van der Waals surface area contributed by atoms with Crippen molar-refractivity contribution in [3.05, 3.63) is 34.9 Å². The van der Waals surface area contributed by atoms with E-state index in [2.05, 4.69) is 0 Å². The second kappa shape index (κ2) is 3.39. The fraction of sp³-hybridized carbons (Fsp3) is 0.300. The summed E-state index contributed by atoms with van der Waals surface area (Å²) in [5.41, 5.74) is 8.04. The van der Waals surface area contributed by atoms with E-state index in [9.17, 15) is 4.79 Å². The summed E-state index contributed by atoms with van der Waals surface area (Å²) in [6, 6.07) is 5.69. The Morgan fingerprint density at radius 3 is 2.67 bits per heavy atom. The summed E-state index contributed by atoms with van der Waals surface area (Å²) >= 11 is 0. The summed E-state index contributed by atoms with van der Waals surface area (Å²) in [6.45, 7) is 4.02. The van der Waals surface area contributed by atoms with Crippen LogP contribution in [-0.4, -0.2) is 5.91 Å². The fourth-order valence-corrected chi connectivity index (χ4v) is 1.26. The molecule has 1 rings (SSSR count). The lowest BCUT2D eigenvalue weighted by Gasteiger charge is -2.04. The maximum atomic E-state index is 10.9. The molecule has 2 nitrogen and oxygen atoms in total. The van der Waals surface area contributed by atoms with E-state index in [0.717, 1.165) is 17.5 Å². The molecule has 0 radical (unpaired) electrons. The van der Waals surface area contributed by atoms with Gasteiger partial charge in [0.05, 0.1) is 0 Å². The largest absolute Gasteiger partial charge is 0.366 e. The van der Waals surface area contributed by atoms with Gasteiger partial charge in [0.15, 0.2) is 0 Å². The van der Waals surface area contributed by atoms with Crippen LogP contribution in [0.15, 0.2) is 18.2 Å². The molecule has 0 aliphatic heterocycles. The molecule has 0 atom stereocenters. The summed E-state index contributed by atoms with van der Waals surface area (Å²) in [6.07, 6.45) is 0.847.